The van der Waals surface area contributed by atoms with Crippen LogP contribution in [0.2, 0.25) is 0 Å². The lowest BCUT2D eigenvalue weighted by atomic mass is 9.83. The number of aromatic carboxylic acids is 1. The van der Waals surface area contributed by atoms with Crippen LogP contribution < -0.4 is 21.4 Å². The Bertz CT molecular complexity index is 1360. The van der Waals surface area contributed by atoms with Gasteiger partial charge in [-0.2, -0.15) is 4.98 Å². The zero-order chi connectivity index (χ0) is 25.1. The number of hydrogen-bond acceptors (Lipinski definition) is 7. The molecule has 1 saturated carbocycles. The topological polar surface area (TPSA) is 128 Å². The number of anilines is 2. The molecule has 1 aromatic carbocycles. The summed E-state index contributed by atoms with van der Waals surface area (Å²) in [7, 11) is 1.44. The monoisotopic (exact) mass is 479 g/mol. The fraction of sp³-hybridized carbons (Fsp3) is 0.400. The number of rotatable bonds is 7. The van der Waals surface area contributed by atoms with Crippen molar-refractivity contribution in [1.29, 1.82) is 0 Å². The summed E-state index contributed by atoms with van der Waals surface area (Å²) < 4.78 is 8.34. The molecule has 0 atom stereocenters. The van der Waals surface area contributed by atoms with Gasteiger partial charge in [0, 0.05) is 25.3 Å². The van der Waals surface area contributed by atoms with Gasteiger partial charge in [0.05, 0.1) is 0 Å². The number of aromatic nitrogens is 4. The van der Waals surface area contributed by atoms with Crippen LogP contribution in [0.5, 0.6) is 11.6 Å². The van der Waals surface area contributed by atoms with Gasteiger partial charge < -0.3 is 15.2 Å². The molecule has 1 fully saturated rings. The van der Waals surface area contributed by atoms with E-state index in [0.29, 0.717) is 29.8 Å². The molecule has 4 rings (SSSR count). The van der Waals surface area contributed by atoms with Crippen molar-refractivity contribution < 1.29 is 14.6 Å². The highest BCUT2D eigenvalue weighted by Gasteiger charge is 2.21. The van der Waals surface area contributed by atoms with E-state index in [1.165, 1.54) is 13.1 Å². The van der Waals surface area contributed by atoms with Gasteiger partial charge in [-0.3, -0.25) is 4.57 Å². The van der Waals surface area contributed by atoms with Gasteiger partial charge in [0.1, 0.15) is 5.75 Å². The van der Waals surface area contributed by atoms with Crippen LogP contribution in [-0.2, 0) is 13.6 Å². The average Bonchev–Trinajstić information content (AvgIpc) is 2.83. The first-order valence-corrected chi connectivity index (χ1v) is 11.6. The molecule has 1 aliphatic rings. The zero-order valence-electron chi connectivity index (χ0n) is 20.0. The van der Waals surface area contributed by atoms with Crippen LogP contribution in [0.1, 0.15) is 48.7 Å². The maximum atomic E-state index is 12.9. The van der Waals surface area contributed by atoms with E-state index in [0.717, 1.165) is 35.8 Å². The summed E-state index contributed by atoms with van der Waals surface area (Å²) in [6.07, 6.45) is 4.34. The van der Waals surface area contributed by atoms with Crippen molar-refractivity contribution in [2.24, 2.45) is 18.9 Å². The van der Waals surface area contributed by atoms with E-state index in [2.05, 4.69) is 22.2 Å². The highest BCUT2D eigenvalue weighted by molar-refractivity contribution is 5.85. The SMILES string of the molecule is Cc1cc(Nc2nc(=O)n(C)c(=O)n2CC2CCC(C)CC2)ccc1Oc1cccc(C(=O)O)n1. The molecule has 0 radical (unpaired) electrons. The summed E-state index contributed by atoms with van der Waals surface area (Å²) in [5.41, 5.74) is 0.254. The molecule has 2 heterocycles. The van der Waals surface area contributed by atoms with E-state index in [9.17, 15) is 14.4 Å². The molecule has 35 heavy (non-hydrogen) atoms. The van der Waals surface area contributed by atoms with Crippen molar-refractivity contribution in [3.8, 4) is 11.6 Å². The van der Waals surface area contributed by atoms with Crippen LogP contribution in [0.15, 0.2) is 46.0 Å². The lowest BCUT2D eigenvalue weighted by Crippen LogP contribution is -2.42. The Morgan fingerprint density at radius 1 is 1.14 bits per heavy atom. The van der Waals surface area contributed by atoms with E-state index >= 15 is 0 Å². The predicted molar refractivity (Wildman–Crippen MR) is 131 cm³/mol. The van der Waals surface area contributed by atoms with Gasteiger partial charge in [0.15, 0.2) is 5.69 Å². The summed E-state index contributed by atoms with van der Waals surface area (Å²) in [4.78, 5) is 44.4. The molecule has 0 unspecified atom stereocenters. The number of pyridine rings is 1. The Kier molecular flexibility index (Phi) is 6.99. The third-order valence-corrected chi connectivity index (χ3v) is 6.43. The van der Waals surface area contributed by atoms with Gasteiger partial charge in [-0.25, -0.2) is 23.9 Å². The largest absolute Gasteiger partial charge is 0.477 e. The fourth-order valence-corrected chi connectivity index (χ4v) is 4.28. The second-order valence-corrected chi connectivity index (χ2v) is 9.17. The number of carboxylic acids is 1. The number of carbonyl (C=O) groups is 1. The Morgan fingerprint density at radius 2 is 1.89 bits per heavy atom. The molecule has 0 aliphatic heterocycles. The predicted octanol–water partition coefficient (Wildman–Crippen LogP) is 3.71. The number of benzene rings is 1. The standard InChI is InChI=1S/C25H29N5O5/c1-15-7-9-17(10-8-15)14-30-23(28-24(33)29(3)25(30)34)26-18-11-12-20(16(2)13-18)35-21-6-4-5-19(27-21)22(31)32/h4-6,11-13,15,17H,7-10,14H2,1-3H3,(H,31,32)(H,26,28,33). The van der Waals surface area contributed by atoms with Gasteiger partial charge in [-0.1, -0.05) is 25.8 Å². The van der Waals surface area contributed by atoms with Crippen molar-refractivity contribution in [3.05, 3.63) is 68.6 Å². The first-order valence-electron chi connectivity index (χ1n) is 11.6. The highest BCUT2D eigenvalue weighted by Crippen LogP contribution is 2.30. The normalized spacial score (nSPS) is 17.7. The minimum atomic E-state index is -1.14. The van der Waals surface area contributed by atoms with Crippen LogP contribution in [0.25, 0.3) is 0 Å². The van der Waals surface area contributed by atoms with Crippen LogP contribution in [0, 0.1) is 18.8 Å². The number of nitrogens with zero attached hydrogens (tertiary/aromatic N) is 4. The van der Waals surface area contributed by atoms with Crippen molar-refractivity contribution >= 4 is 17.6 Å². The minimum Gasteiger partial charge on any atom is -0.477 e. The van der Waals surface area contributed by atoms with Gasteiger partial charge in [0.25, 0.3) is 0 Å². The number of aryl methyl sites for hydroxylation is 1. The molecule has 3 aromatic rings. The minimum absolute atomic E-state index is 0.111. The fourth-order valence-electron chi connectivity index (χ4n) is 4.28. The second kappa shape index (κ2) is 10.1. The van der Waals surface area contributed by atoms with Gasteiger partial charge >= 0.3 is 17.3 Å². The van der Waals surface area contributed by atoms with Gasteiger partial charge in [-0.05, 0) is 61.4 Å². The van der Waals surface area contributed by atoms with Crippen molar-refractivity contribution in [1.82, 2.24) is 19.1 Å². The third-order valence-electron chi connectivity index (χ3n) is 6.43. The number of carboxylic acid groups (broad SMARTS) is 1. The third kappa shape index (κ3) is 5.59. The lowest BCUT2D eigenvalue weighted by Gasteiger charge is -2.27. The van der Waals surface area contributed by atoms with E-state index in [1.807, 2.05) is 6.92 Å². The number of hydrogen-bond donors (Lipinski definition) is 2. The first kappa shape index (κ1) is 24.2. The molecule has 2 aromatic heterocycles. The molecule has 0 spiro atoms. The molecule has 2 N–H and O–H groups in total. The first-order chi connectivity index (χ1) is 16.7. The van der Waals surface area contributed by atoms with Crippen LogP contribution in [-0.4, -0.2) is 30.2 Å². The van der Waals surface area contributed by atoms with Crippen molar-refractivity contribution in [2.75, 3.05) is 5.32 Å². The molecule has 10 heteroatoms. The van der Waals surface area contributed by atoms with Crippen LogP contribution in [0.3, 0.4) is 0 Å². The van der Waals surface area contributed by atoms with Crippen molar-refractivity contribution in [2.45, 2.75) is 46.1 Å². The Balaban J connectivity index is 1.57. The van der Waals surface area contributed by atoms with E-state index in [-0.39, 0.29) is 17.5 Å². The molecular formula is C25H29N5O5. The quantitative estimate of drug-likeness (QED) is 0.525. The van der Waals surface area contributed by atoms with E-state index in [1.54, 1.807) is 34.9 Å². The van der Waals surface area contributed by atoms with Crippen molar-refractivity contribution in [3.63, 3.8) is 0 Å². The molecular weight excluding hydrogens is 450 g/mol. The summed E-state index contributed by atoms with van der Waals surface area (Å²) in [5, 5.41) is 12.2. The molecule has 184 valence electrons. The second-order valence-electron chi connectivity index (χ2n) is 9.17. The molecule has 0 bridgehead atoms. The van der Waals surface area contributed by atoms with E-state index in [4.69, 9.17) is 9.84 Å². The molecule has 0 saturated heterocycles. The highest BCUT2D eigenvalue weighted by atomic mass is 16.5. The summed E-state index contributed by atoms with van der Waals surface area (Å²) >= 11 is 0. The van der Waals surface area contributed by atoms with E-state index < -0.39 is 17.3 Å². The lowest BCUT2D eigenvalue weighted by molar-refractivity contribution is 0.0689. The molecule has 1 aliphatic carbocycles. The van der Waals surface area contributed by atoms with Crippen LogP contribution >= 0.6 is 0 Å². The summed E-state index contributed by atoms with van der Waals surface area (Å²) in [6, 6.07) is 9.77. The number of ether oxygens (including phenoxy) is 1. The summed E-state index contributed by atoms with van der Waals surface area (Å²) in [5.74, 6) is 0.788. The Morgan fingerprint density at radius 3 is 2.57 bits per heavy atom. The molecule has 0 amide bonds. The van der Waals surface area contributed by atoms with Gasteiger partial charge in [0.2, 0.25) is 11.8 Å². The Hall–Kier alpha value is -3.95. The number of nitrogens with one attached hydrogen (secondary N) is 1. The smallest absolute Gasteiger partial charge is 0.354 e. The van der Waals surface area contributed by atoms with Crippen LogP contribution in [0.4, 0.5) is 11.6 Å². The van der Waals surface area contributed by atoms with Gasteiger partial charge in [-0.15, -0.1) is 0 Å². The maximum absolute atomic E-state index is 12.9. The maximum Gasteiger partial charge on any atom is 0.354 e. The summed E-state index contributed by atoms with van der Waals surface area (Å²) in [6.45, 7) is 4.58. The Labute approximate surface area is 202 Å². The average molecular weight is 480 g/mol. The zero-order valence-corrected chi connectivity index (χ0v) is 20.0. The molecule has 10 nitrogen and oxygen atoms in total.